The van der Waals surface area contributed by atoms with Gasteiger partial charge in [-0.3, -0.25) is 4.79 Å². The van der Waals surface area contributed by atoms with Crippen LogP contribution < -0.4 is 10.2 Å². The molecule has 0 radical (unpaired) electrons. The van der Waals surface area contributed by atoms with Gasteiger partial charge in [-0.05, 0) is 63.9 Å². The maximum Gasteiger partial charge on any atom is 0.290 e. The third kappa shape index (κ3) is 4.81. The van der Waals surface area contributed by atoms with Crippen LogP contribution in [0.2, 0.25) is 0 Å². The molecule has 0 atom stereocenters. The number of pyridine rings is 1. The lowest BCUT2D eigenvalue weighted by atomic mass is 10.00. The van der Waals surface area contributed by atoms with E-state index < -0.39 is 23.3 Å². The van der Waals surface area contributed by atoms with Gasteiger partial charge in [0.2, 0.25) is 0 Å². The van der Waals surface area contributed by atoms with E-state index in [1.54, 1.807) is 26.8 Å². The van der Waals surface area contributed by atoms with Crippen molar-refractivity contribution < 1.29 is 18.3 Å². The van der Waals surface area contributed by atoms with E-state index in [0.29, 0.717) is 18.8 Å². The van der Waals surface area contributed by atoms with Crippen LogP contribution in [0, 0.1) is 25.7 Å². The van der Waals surface area contributed by atoms with Crippen molar-refractivity contribution in [3.63, 3.8) is 0 Å². The van der Waals surface area contributed by atoms with Gasteiger partial charge in [-0.2, -0.15) is 9.37 Å². The Morgan fingerprint density at radius 2 is 1.76 bits per heavy atom. The van der Waals surface area contributed by atoms with Crippen LogP contribution in [0.25, 0.3) is 16.8 Å². The molecule has 4 aromatic rings. The van der Waals surface area contributed by atoms with E-state index in [4.69, 9.17) is 9.72 Å². The van der Waals surface area contributed by atoms with E-state index in [2.05, 4.69) is 15.2 Å². The lowest BCUT2D eigenvalue weighted by molar-refractivity contribution is 0.102. The van der Waals surface area contributed by atoms with E-state index in [-0.39, 0.29) is 11.4 Å². The third-order valence-corrected chi connectivity index (χ3v) is 6.50. The molecule has 194 valence electrons. The summed E-state index contributed by atoms with van der Waals surface area (Å²) < 4.78 is 38.1. The standard InChI is InChI=1S/C27H30F2N6O2/c1-16-10-20(28)21(31-25(36)22-15-35(26(29)32-22)27(3,4)5)12-19(16)18-11-23(33-6-8-37-9-7-33)24-30-17(2)13-34(24)14-18/h10-15H,6-9H2,1-5H3,(H,31,36). The Balaban J connectivity index is 1.53. The van der Waals surface area contributed by atoms with Gasteiger partial charge in [0.05, 0.1) is 30.3 Å². The first-order chi connectivity index (χ1) is 17.5. The van der Waals surface area contributed by atoms with E-state index in [1.165, 1.54) is 16.8 Å². The Morgan fingerprint density at radius 3 is 2.43 bits per heavy atom. The summed E-state index contributed by atoms with van der Waals surface area (Å²) >= 11 is 0. The number of anilines is 2. The molecule has 3 aromatic heterocycles. The van der Waals surface area contributed by atoms with Crippen LogP contribution in [0.4, 0.5) is 20.2 Å². The SMILES string of the molecule is Cc1cn2cc(-c3cc(NC(=O)c4cn(C(C)(C)C)c(F)n4)c(F)cc3C)cc(N3CCOCC3)c2n1. The number of aryl methyl sites for hydroxylation is 2. The van der Waals surface area contributed by atoms with E-state index in [0.717, 1.165) is 41.2 Å². The summed E-state index contributed by atoms with van der Waals surface area (Å²) in [6.45, 7) is 11.9. The van der Waals surface area contributed by atoms with Gasteiger partial charge in [-0.1, -0.05) is 0 Å². The molecule has 1 aliphatic heterocycles. The van der Waals surface area contributed by atoms with Gasteiger partial charge >= 0.3 is 0 Å². The monoisotopic (exact) mass is 508 g/mol. The Morgan fingerprint density at radius 1 is 1.03 bits per heavy atom. The maximum atomic E-state index is 15.0. The number of nitrogens with zero attached hydrogens (tertiary/aromatic N) is 5. The number of carbonyl (C=O) groups is 1. The van der Waals surface area contributed by atoms with E-state index in [1.807, 2.05) is 36.7 Å². The topological polar surface area (TPSA) is 76.7 Å². The fourth-order valence-electron chi connectivity index (χ4n) is 4.59. The van der Waals surface area contributed by atoms with Crippen LogP contribution >= 0.6 is 0 Å². The second-order valence-electron chi connectivity index (χ2n) is 10.4. The number of rotatable bonds is 4. The first kappa shape index (κ1) is 24.9. The Bertz CT molecular complexity index is 1500. The summed E-state index contributed by atoms with van der Waals surface area (Å²) in [5.41, 5.74) is 4.28. The fraction of sp³-hybridized carbons (Fsp3) is 0.370. The minimum absolute atomic E-state index is 0.00820. The summed E-state index contributed by atoms with van der Waals surface area (Å²) in [6, 6.07) is 5.03. The predicted molar refractivity (Wildman–Crippen MR) is 138 cm³/mol. The number of halogens is 2. The molecule has 10 heteroatoms. The summed E-state index contributed by atoms with van der Waals surface area (Å²) in [5.74, 6) is -1.27. The van der Waals surface area contributed by atoms with Crippen molar-refractivity contribution in [2.45, 2.75) is 40.2 Å². The van der Waals surface area contributed by atoms with Crippen LogP contribution in [-0.2, 0) is 10.3 Å². The highest BCUT2D eigenvalue weighted by atomic mass is 19.1. The Hall–Kier alpha value is -3.79. The number of aromatic nitrogens is 4. The molecule has 1 N–H and O–H groups in total. The zero-order valence-electron chi connectivity index (χ0n) is 21.6. The Kier molecular flexibility index (Phi) is 6.23. The molecule has 1 amide bonds. The number of morpholine rings is 1. The molecule has 8 nitrogen and oxygen atoms in total. The second kappa shape index (κ2) is 9.26. The second-order valence-corrected chi connectivity index (χ2v) is 10.4. The summed E-state index contributed by atoms with van der Waals surface area (Å²) in [7, 11) is 0. The number of imidazole rings is 2. The van der Waals surface area contributed by atoms with Crippen molar-refractivity contribution in [3.8, 4) is 11.1 Å². The molecule has 1 fully saturated rings. The number of hydrogen-bond donors (Lipinski definition) is 1. The molecular formula is C27H30F2N6O2. The van der Waals surface area contributed by atoms with Gasteiger partial charge in [0.15, 0.2) is 5.65 Å². The van der Waals surface area contributed by atoms with E-state index in [9.17, 15) is 13.6 Å². The van der Waals surface area contributed by atoms with Gasteiger partial charge in [0.25, 0.3) is 12.0 Å². The number of nitrogens with one attached hydrogen (secondary N) is 1. The summed E-state index contributed by atoms with van der Waals surface area (Å²) in [5, 5.41) is 2.57. The first-order valence-electron chi connectivity index (χ1n) is 12.2. The average Bonchev–Trinajstić information content (AvgIpc) is 3.42. The van der Waals surface area contributed by atoms with Crippen molar-refractivity contribution in [1.82, 2.24) is 18.9 Å². The predicted octanol–water partition coefficient (Wildman–Crippen LogP) is 4.94. The lowest BCUT2D eigenvalue weighted by Crippen LogP contribution is -2.36. The van der Waals surface area contributed by atoms with Crippen molar-refractivity contribution in [1.29, 1.82) is 0 Å². The van der Waals surface area contributed by atoms with Gasteiger partial charge in [-0.15, -0.1) is 0 Å². The average molecular weight is 509 g/mol. The molecule has 0 spiro atoms. The molecule has 4 heterocycles. The number of ether oxygens (including phenoxy) is 1. The van der Waals surface area contributed by atoms with Crippen molar-refractivity contribution >= 4 is 22.9 Å². The van der Waals surface area contributed by atoms with E-state index >= 15 is 0 Å². The summed E-state index contributed by atoms with van der Waals surface area (Å²) in [4.78, 5) is 23.5. The largest absolute Gasteiger partial charge is 0.378 e. The highest BCUT2D eigenvalue weighted by molar-refractivity contribution is 6.03. The highest BCUT2D eigenvalue weighted by Crippen LogP contribution is 2.34. The first-order valence-corrected chi connectivity index (χ1v) is 12.2. The van der Waals surface area contributed by atoms with Crippen LogP contribution in [-0.4, -0.2) is 51.1 Å². The minimum Gasteiger partial charge on any atom is -0.378 e. The number of benzene rings is 1. The summed E-state index contributed by atoms with van der Waals surface area (Å²) in [6.07, 6.45) is 4.46. The van der Waals surface area contributed by atoms with Crippen LogP contribution in [0.1, 0.15) is 42.5 Å². The number of amides is 1. The minimum atomic E-state index is -0.776. The number of carbonyl (C=O) groups excluding carboxylic acids is 1. The maximum absolute atomic E-state index is 15.0. The van der Waals surface area contributed by atoms with Gasteiger partial charge < -0.3 is 23.9 Å². The number of hydrogen-bond acceptors (Lipinski definition) is 5. The van der Waals surface area contributed by atoms with Crippen molar-refractivity contribution in [3.05, 3.63) is 65.6 Å². The van der Waals surface area contributed by atoms with Gasteiger partial charge in [0, 0.05) is 42.8 Å². The molecule has 0 aliphatic carbocycles. The molecule has 1 saturated heterocycles. The highest BCUT2D eigenvalue weighted by Gasteiger charge is 2.23. The fourth-order valence-corrected chi connectivity index (χ4v) is 4.59. The Labute approximate surface area is 213 Å². The van der Waals surface area contributed by atoms with Crippen LogP contribution in [0.15, 0.2) is 36.8 Å². The zero-order valence-corrected chi connectivity index (χ0v) is 21.6. The van der Waals surface area contributed by atoms with Gasteiger partial charge in [0.1, 0.15) is 11.5 Å². The van der Waals surface area contributed by atoms with Crippen LogP contribution in [0.5, 0.6) is 0 Å². The van der Waals surface area contributed by atoms with Crippen molar-refractivity contribution in [2.75, 3.05) is 36.5 Å². The quantitative estimate of drug-likeness (QED) is 0.423. The molecule has 0 bridgehead atoms. The molecule has 5 rings (SSSR count). The smallest absolute Gasteiger partial charge is 0.290 e. The number of fused-ring (bicyclic) bond motifs is 1. The molecule has 0 unspecified atom stereocenters. The molecule has 1 aliphatic rings. The van der Waals surface area contributed by atoms with Gasteiger partial charge in [-0.25, -0.2) is 9.37 Å². The lowest BCUT2D eigenvalue weighted by Gasteiger charge is -2.29. The normalized spacial score (nSPS) is 14.4. The molecular weight excluding hydrogens is 478 g/mol. The molecule has 0 saturated carbocycles. The van der Waals surface area contributed by atoms with Crippen LogP contribution in [0.3, 0.4) is 0 Å². The zero-order chi connectivity index (χ0) is 26.5. The third-order valence-electron chi connectivity index (χ3n) is 6.50. The van der Waals surface area contributed by atoms with Crippen molar-refractivity contribution in [2.24, 2.45) is 0 Å². The molecule has 1 aromatic carbocycles. The molecule has 37 heavy (non-hydrogen) atoms.